The number of likely N-dealkylation sites (tertiary alicyclic amines) is 1. The van der Waals surface area contributed by atoms with Crippen LogP contribution in [0.4, 0.5) is 0 Å². The second kappa shape index (κ2) is 9.01. The third-order valence-corrected chi connectivity index (χ3v) is 6.09. The highest BCUT2D eigenvalue weighted by atomic mass is 16.5. The predicted molar refractivity (Wildman–Crippen MR) is 112 cm³/mol. The maximum atomic E-state index is 13.0. The second-order valence-electron chi connectivity index (χ2n) is 8.18. The van der Waals surface area contributed by atoms with Gasteiger partial charge in [-0.3, -0.25) is 4.79 Å². The molecule has 0 radical (unpaired) electrons. The number of benzene rings is 1. The quantitative estimate of drug-likeness (QED) is 0.688. The molecule has 6 nitrogen and oxygen atoms in total. The topological polar surface area (TPSA) is 63.9 Å². The molecule has 4 rings (SSSR count). The number of carbonyl (C=O) groups is 1. The van der Waals surface area contributed by atoms with Gasteiger partial charge in [-0.15, -0.1) is 0 Å². The third-order valence-electron chi connectivity index (χ3n) is 6.09. The third kappa shape index (κ3) is 4.65. The van der Waals surface area contributed by atoms with Crippen molar-refractivity contribution in [3.8, 4) is 5.75 Å². The Kier molecular flexibility index (Phi) is 6.21. The van der Waals surface area contributed by atoms with Crippen LogP contribution in [0.1, 0.15) is 36.0 Å². The highest BCUT2D eigenvalue weighted by Gasteiger charge is 2.35. The smallest absolute Gasteiger partial charge is 0.251 e. The number of rotatable bonds is 8. The van der Waals surface area contributed by atoms with Gasteiger partial charge < -0.3 is 24.1 Å². The molecule has 1 aromatic heterocycles. The van der Waals surface area contributed by atoms with Gasteiger partial charge in [0.2, 0.25) is 0 Å². The van der Waals surface area contributed by atoms with E-state index >= 15 is 0 Å². The molecule has 1 amide bonds. The maximum absolute atomic E-state index is 13.0. The second-order valence-corrected chi connectivity index (χ2v) is 8.18. The molecule has 0 aliphatic carbocycles. The van der Waals surface area contributed by atoms with Crippen LogP contribution >= 0.6 is 0 Å². The molecule has 0 saturated carbocycles. The predicted octanol–water partition coefficient (Wildman–Crippen LogP) is 3.62. The molecule has 156 valence electrons. The summed E-state index contributed by atoms with van der Waals surface area (Å²) < 4.78 is 16.9. The summed E-state index contributed by atoms with van der Waals surface area (Å²) in [6, 6.07) is 5.42. The number of hydrogen-bond donors (Lipinski definition) is 1. The molecule has 1 N–H and O–H groups in total. The van der Waals surface area contributed by atoms with E-state index in [9.17, 15) is 4.79 Å². The van der Waals surface area contributed by atoms with Crippen molar-refractivity contribution < 1.29 is 18.7 Å². The van der Waals surface area contributed by atoms with E-state index in [4.69, 9.17) is 13.9 Å². The van der Waals surface area contributed by atoms with Gasteiger partial charge in [0.15, 0.2) is 0 Å². The van der Waals surface area contributed by atoms with Crippen LogP contribution in [-0.4, -0.2) is 56.8 Å². The summed E-state index contributed by atoms with van der Waals surface area (Å²) in [6.45, 7) is 9.61. The first kappa shape index (κ1) is 20.0. The van der Waals surface area contributed by atoms with Crippen LogP contribution in [0.3, 0.4) is 0 Å². The van der Waals surface area contributed by atoms with Gasteiger partial charge in [0, 0.05) is 37.3 Å². The van der Waals surface area contributed by atoms with E-state index in [2.05, 4.69) is 16.8 Å². The van der Waals surface area contributed by atoms with Crippen LogP contribution in [0.25, 0.3) is 11.0 Å². The number of ether oxygens (including phenoxy) is 2. The average Bonchev–Trinajstić information content (AvgIpc) is 3.42. The van der Waals surface area contributed by atoms with Gasteiger partial charge in [-0.25, -0.2) is 0 Å². The van der Waals surface area contributed by atoms with Crippen LogP contribution in [0, 0.1) is 5.41 Å². The number of hydrogen-bond acceptors (Lipinski definition) is 5. The zero-order valence-corrected chi connectivity index (χ0v) is 17.0. The van der Waals surface area contributed by atoms with E-state index in [0.29, 0.717) is 30.0 Å². The van der Waals surface area contributed by atoms with Crippen LogP contribution in [0.15, 0.2) is 41.5 Å². The molecule has 0 unspecified atom stereocenters. The van der Waals surface area contributed by atoms with Crippen molar-refractivity contribution in [1.29, 1.82) is 0 Å². The number of fused-ring (bicyclic) bond motifs is 1. The van der Waals surface area contributed by atoms with E-state index in [1.54, 1.807) is 24.5 Å². The first-order valence-electron chi connectivity index (χ1n) is 10.5. The summed E-state index contributed by atoms with van der Waals surface area (Å²) in [5.74, 6) is 0.540. The summed E-state index contributed by atoms with van der Waals surface area (Å²) in [6.07, 6.45) is 7.81. The summed E-state index contributed by atoms with van der Waals surface area (Å²) in [4.78, 5) is 15.5. The normalized spacial score (nSPS) is 19.3. The fraction of sp³-hybridized carbons (Fsp3) is 0.522. The number of carbonyl (C=O) groups excluding carboxylic acids is 1. The molecule has 2 aliphatic heterocycles. The average molecular weight is 399 g/mol. The molecular formula is C23H30N2O4. The molecule has 0 spiro atoms. The summed E-state index contributed by atoms with van der Waals surface area (Å²) in [5.41, 5.74) is 1.28. The Morgan fingerprint density at radius 2 is 2.07 bits per heavy atom. The maximum Gasteiger partial charge on any atom is 0.251 e. The minimum Gasteiger partial charge on any atom is -0.489 e. The van der Waals surface area contributed by atoms with Crippen molar-refractivity contribution in [1.82, 2.24) is 10.2 Å². The van der Waals surface area contributed by atoms with Gasteiger partial charge >= 0.3 is 0 Å². The summed E-state index contributed by atoms with van der Waals surface area (Å²) in [7, 11) is 0. The van der Waals surface area contributed by atoms with Gasteiger partial charge in [0.05, 0.1) is 11.6 Å². The largest absolute Gasteiger partial charge is 0.489 e. The van der Waals surface area contributed by atoms with E-state index < -0.39 is 0 Å². The summed E-state index contributed by atoms with van der Waals surface area (Å²) in [5, 5.41) is 4.04. The van der Waals surface area contributed by atoms with Crippen molar-refractivity contribution >= 4 is 16.9 Å². The number of nitrogens with one attached hydrogen (secondary N) is 1. The lowest BCUT2D eigenvalue weighted by atomic mass is 9.79. The highest BCUT2D eigenvalue weighted by Crippen LogP contribution is 2.33. The lowest BCUT2D eigenvalue weighted by molar-refractivity contribution is -0.000629. The van der Waals surface area contributed by atoms with E-state index in [1.165, 1.54) is 12.8 Å². The molecular weight excluding hydrogens is 368 g/mol. The Morgan fingerprint density at radius 1 is 1.28 bits per heavy atom. The highest BCUT2D eigenvalue weighted by molar-refractivity contribution is 5.99. The molecule has 0 atom stereocenters. The lowest BCUT2D eigenvalue weighted by Gasteiger charge is -2.40. The molecule has 6 heteroatoms. The van der Waals surface area contributed by atoms with Gasteiger partial charge in [-0.1, -0.05) is 12.7 Å². The van der Waals surface area contributed by atoms with E-state index in [0.717, 1.165) is 51.1 Å². The Labute approximate surface area is 171 Å². The Bertz CT molecular complexity index is 848. The van der Waals surface area contributed by atoms with Crippen molar-refractivity contribution in [2.45, 2.75) is 25.7 Å². The van der Waals surface area contributed by atoms with Gasteiger partial charge in [0.25, 0.3) is 5.91 Å². The van der Waals surface area contributed by atoms with Crippen molar-refractivity contribution in [2.24, 2.45) is 5.41 Å². The lowest BCUT2D eigenvalue weighted by Crippen LogP contribution is -2.48. The molecule has 0 bridgehead atoms. The summed E-state index contributed by atoms with van der Waals surface area (Å²) >= 11 is 0. The Hall–Kier alpha value is -2.31. The number of furan rings is 1. The van der Waals surface area contributed by atoms with Crippen LogP contribution < -0.4 is 10.1 Å². The molecule has 29 heavy (non-hydrogen) atoms. The molecule has 1 aromatic carbocycles. The first-order chi connectivity index (χ1) is 14.2. The number of nitrogens with zero attached hydrogens (tertiary/aromatic N) is 1. The first-order valence-corrected chi connectivity index (χ1v) is 10.5. The van der Waals surface area contributed by atoms with Crippen molar-refractivity contribution in [3.05, 3.63) is 42.7 Å². The molecule has 2 saturated heterocycles. The van der Waals surface area contributed by atoms with Gasteiger partial charge in [-0.05, 0) is 57.0 Å². The van der Waals surface area contributed by atoms with Crippen LogP contribution in [0.2, 0.25) is 0 Å². The zero-order valence-electron chi connectivity index (χ0n) is 17.0. The number of amides is 1. The van der Waals surface area contributed by atoms with E-state index in [-0.39, 0.29) is 11.3 Å². The molecule has 3 heterocycles. The Balaban J connectivity index is 1.48. The minimum absolute atomic E-state index is 0.0786. The molecule has 2 fully saturated rings. The Morgan fingerprint density at radius 3 is 2.83 bits per heavy atom. The van der Waals surface area contributed by atoms with E-state index in [1.807, 2.05) is 6.07 Å². The van der Waals surface area contributed by atoms with Crippen LogP contribution in [0.5, 0.6) is 5.75 Å². The van der Waals surface area contributed by atoms with Gasteiger partial charge in [0.1, 0.15) is 17.9 Å². The van der Waals surface area contributed by atoms with Gasteiger partial charge in [-0.2, -0.15) is 0 Å². The van der Waals surface area contributed by atoms with Crippen molar-refractivity contribution in [2.75, 3.05) is 46.0 Å². The fourth-order valence-corrected chi connectivity index (χ4v) is 4.42. The minimum atomic E-state index is -0.0981. The SMILES string of the molecule is C=CCOc1cc(C(=O)NCC2(CN3CCCC3)CCOCC2)cc2occc12. The fourth-order valence-electron chi connectivity index (χ4n) is 4.42. The van der Waals surface area contributed by atoms with Crippen molar-refractivity contribution in [3.63, 3.8) is 0 Å². The standard InChI is InChI=1S/C23H30N2O4/c1-2-10-28-20-14-18(15-21-19(20)5-11-29-21)22(26)24-16-23(6-12-27-13-7-23)17-25-8-3-4-9-25/h2,5,11,14-15H,1,3-4,6-10,12-13,16-17H2,(H,24,26). The monoisotopic (exact) mass is 398 g/mol. The van der Waals surface area contributed by atoms with Crippen LogP contribution in [-0.2, 0) is 4.74 Å². The molecule has 2 aliphatic rings. The molecule has 2 aromatic rings. The zero-order chi connectivity index (χ0) is 20.1.